The Labute approximate surface area is 208 Å². The molecule has 5 rings (SSSR count). The largest absolute Gasteiger partial charge is 0.252 e. The van der Waals surface area contributed by atoms with E-state index >= 15 is 0 Å². The summed E-state index contributed by atoms with van der Waals surface area (Å²) in [4.78, 5) is 4.82. The van der Waals surface area contributed by atoms with Gasteiger partial charge < -0.3 is 0 Å². The summed E-state index contributed by atoms with van der Waals surface area (Å²) in [6.07, 6.45) is 1.53. The Kier molecular flexibility index (Phi) is 5.84. The molecule has 0 fully saturated rings. The van der Waals surface area contributed by atoms with Crippen molar-refractivity contribution in [3.05, 3.63) is 99.7 Å². The van der Waals surface area contributed by atoms with Crippen LogP contribution in [-0.4, -0.2) is 29.8 Å². The molecule has 172 valence electrons. The summed E-state index contributed by atoms with van der Waals surface area (Å²) in [6.45, 7) is 1.92. The van der Waals surface area contributed by atoms with Crippen LogP contribution in [0.5, 0.6) is 0 Å². The highest BCUT2D eigenvalue weighted by Crippen LogP contribution is 2.42. The molecule has 1 unspecified atom stereocenters. The summed E-state index contributed by atoms with van der Waals surface area (Å²) < 4.78 is 26.7. The van der Waals surface area contributed by atoms with E-state index in [9.17, 15) is 8.42 Å². The van der Waals surface area contributed by atoms with Crippen LogP contribution in [0.15, 0.2) is 77.9 Å². The number of hydrogen-bond acceptors (Lipinski definition) is 4. The normalized spacial score (nSPS) is 16.2. The van der Waals surface area contributed by atoms with Crippen LogP contribution < -0.4 is 0 Å². The fourth-order valence-electron chi connectivity index (χ4n) is 4.54. The third-order valence-corrected chi connectivity index (χ3v) is 7.55. The molecule has 5 nitrogen and oxygen atoms in total. The van der Waals surface area contributed by atoms with Crippen LogP contribution in [0.1, 0.15) is 29.3 Å². The van der Waals surface area contributed by atoms with E-state index in [2.05, 4.69) is 5.10 Å². The standard InChI is InChI=1S/C26H21Cl2N3O2S/c1-16-25(23-15-24(31(30-23)34(2,32)33)19-10-6-7-11-21(19)28)26(17-8-4-3-5-9-17)20-14-18(27)12-13-22(20)29-16/h3-14,24H,15H2,1-2H3. The number of hydrogen-bond donors (Lipinski definition) is 0. The number of hydrazone groups is 1. The number of aromatic nitrogens is 1. The van der Waals surface area contributed by atoms with Gasteiger partial charge >= 0.3 is 0 Å². The van der Waals surface area contributed by atoms with Crippen molar-refractivity contribution < 1.29 is 8.42 Å². The van der Waals surface area contributed by atoms with Gasteiger partial charge in [0.25, 0.3) is 0 Å². The SMILES string of the molecule is Cc1nc2ccc(Cl)cc2c(-c2ccccc2)c1C1=NN(S(C)(=O)=O)C(c2ccccc2Cl)C1. The Bertz CT molecular complexity index is 1550. The minimum atomic E-state index is -3.65. The predicted octanol–water partition coefficient (Wildman–Crippen LogP) is 6.63. The smallest absolute Gasteiger partial charge is 0.247 e. The van der Waals surface area contributed by atoms with E-state index in [1.54, 1.807) is 6.07 Å². The van der Waals surface area contributed by atoms with Crippen molar-refractivity contribution in [1.29, 1.82) is 0 Å². The highest BCUT2D eigenvalue weighted by atomic mass is 35.5. The second-order valence-corrected chi connectivity index (χ2v) is 11.0. The maximum atomic E-state index is 12.7. The molecule has 3 aromatic carbocycles. The fourth-order valence-corrected chi connectivity index (χ4v) is 5.87. The van der Waals surface area contributed by atoms with E-state index < -0.39 is 16.1 Å². The molecule has 1 aromatic heterocycles. The van der Waals surface area contributed by atoms with Crippen LogP contribution in [0.4, 0.5) is 0 Å². The average molecular weight is 510 g/mol. The molecule has 0 amide bonds. The number of benzene rings is 3. The summed E-state index contributed by atoms with van der Waals surface area (Å²) in [5.74, 6) is 0. The Hall–Kier alpha value is -2.93. The predicted molar refractivity (Wildman–Crippen MR) is 139 cm³/mol. The van der Waals surface area contributed by atoms with Gasteiger partial charge in [-0.25, -0.2) is 8.42 Å². The molecule has 0 N–H and O–H groups in total. The molecule has 1 atom stereocenters. The number of nitrogens with zero attached hydrogens (tertiary/aromatic N) is 3. The summed E-state index contributed by atoms with van der Waals surface area (Å²) in [5.41, 5.74) is 5.64. The van der Waals surface area contributed by atoms with E-state index in [-0.39, 0.29) is 0 Å². The van der Waals surface area contributed by atoms with Crippen molar-refractivity contribution in [3.8, 4) is 11.1 Å². The first-order valence-electron chi connectivity index (χ1n) is 10.7. The van der Waals surface area contributed by atoms with Crippen LogP contribution >= 0.6 is 23.2 Å². The number of halogens is 2. The van der Waals surface area contributed by atoms with Crippen molar-refractivity contribution >= 4 is 49.8 Å². The number of rotatable bonds is 4. The van der Waals surface area contributed by atoms with Gasteiger partial charge in [0.2, 0.25) is 10.0 Å². The van der Waals surface area contributed by atoms with E-state index in [4.69, 9.17) is 28.2 Å². The summed E-state index contributed by atoms with van der Waals surface area (Å²) >= 11 is 12.8. The van der Waals surface area contributed by atoms with Gasteiger partial charge in [-0.2, -0.15) is 9.52 Å². The molecule has 1 aliphatic rings. The van der Waals surface area contributed by atoms with E-state index in [1.807, 2.05) is 73.7 Å². The molecular weight excluding hydrogens is 489 g/mol. The quantitative estimate of drug-likeness (QED) is 0.310. The van der Waals surface area contributed by atoms with E-state index in [1.165, 1.54) is 4.41 Å². The molecule has 0 spiro atoms. The first-order valence-corrected chi connectivity index (χ1v) is 13.3. The Balaban J connectivity index is 1.78. The van der Waals surface area contributed by atoms with Crippen molar-refractivity contribution in [3.63, 3.8) is 0 Å². The molecule has 34 heavy (non-hydrogen) atoms. The number of fused-ring (bicyclic) bond motifs is 1. The third-order valence-electron chi connectivity index (χ3n) is 5.96. The number of sulfonamides is 1. The molecule has 1 aliphatic heterocycles. The second-order valence-electron chi connectivity index (χ2n) is 8.30. The monoisotopic (exact) mass is 509 g/mol. The van der Waals surface area contributed by atoms with Gasteiger partial charge in [-0.1, -0.05) is 71.7 Å². The van der Waals surface area contributed by atoms with E-state index in [0.29, 0.717) is 27.7 Å². The first kappa shape index (κ1) is 22.8. The Morgan fingerprint density at radius 3 is 2.35 bits per heavy atom. The fraction of sp³-hybridized carbons (Fsp3) is 0.154. The van der Waals surface area contributed by atoms with Gasteiger partial charge in [0.05, 0.1) is 23.5 Å². The van der Waals surface area contributed by atoms with Crippen LogP contribution in [0, 0.1) is 6.92 Å². The Morgan fingerprint density at radius 2 is 1.65 bits per heavy atom. The van der Waals surface area contributed by atoms with Crippen LogP contribution in [0.3, 0.4) is 0 Å². The minimum Gasteiger partial charge on any atom is -0.252 e. The van der Waals surface area contributed by atoms with Crippen LogP contribution in [-0.2, 0) is 10.0 Å². The zero-order chi connectivity index (χ0) is 24.0. The molecule has 4 aromatic rings. The zero-order valence-electron chi connectivity index (χ0n) is 18.5. The lowest BCUT2D eigenvalue weighted by Crippen LogP contribution is -2.26. The van der Waals surface area contributed by atoms with Gasteiger partial charge in [0, 0.05) is 38.7 Å². The topological polar surface area (TPSA) is 62.6 Å². The average Bonchev–Trinajstić information content (AvgIpc) is 3.25. The molecule has 8 heteroatoms. The molecule has 0 bridgehead atoms. The first-order chi connectivity index (χ1) is 16.2. The van der Waals surface area contributed by atoms with Crippen molar-refractivity contribution in [2.24, 2.45) is 5.10 Å². The summed E-state index contributed by atoms with van der Waals surface area (Å²) in [7, 11) is -3.65. The van der Waals surface area contributed by atoms with Crippen molar-refractivity contribution in [2.75, 3.05) is 6.26 Å². The number of aryl methyl sites for hydroxylation is 1. The second kappa shape index (κ2) is 8.69. The van der Waals surface area contributed by atoms with Gasteiger partial charge in [0.15, 0.2) is 0 Å². The van der Waals surface area contributed by atoms with Gasteiger partial charge in [-0.05, 0) is 42.3 Å². The van der Waals surface area contributed by atoms with Crippen LogP contribution in [0.2, 0.25) is 10.0 Å². The lowest BCUT2D eigenvalue weighted by molar-refractivity contribution is 0.375. The molecule has 0 aliphatic carbocycles. The van der Waals surface area contributed by atoms with Crippen molar-refractivity contribution in [1.82, 2.24) is 9.40 Å². The van der Waals surface area contributed by atoms with Gasteiger partial charge in [-0.3, -0.25) is 4.98 Å². The third kappa shape index (κ3) is 4.06. The Morgan fingerprint density at radius 1 is 0.941 bits per heavy atom. The zero-order valence-corrected chi connectivity index (χ0v) is 20.9. The van der Waals surface area contributed by atoms with Crippen molar-refractivity contribution in [2.45, 2.75) is 19.4 Å². The molecule has 0 saturated heterocycles. The van der Waals surface area contributed by atoms with Gasteiger partial charge in [-0.15, -0.1) is 0 Å². The van der Waals surface area contributed by atoms with E-state index in [0.717, 1.165) is 39.5 Å². The maximum absolute atomic E-state index is 12.7. The lowest BCUT2D eigenvalue weighted by atomic mass is 9.89. The lowest BCUT2D eigenvalue weighted by Gasteiger charge is -2.22. The summed E-state index contributed by atoms with van der Waals surface area (Å²) in [6, 6.07) is 22.3. The molecule has 0 saturated carbocycles. The number of pyridine rings is 1. The summed E-state index contributed by atoms with van der Waals surface area (Å²) in [5, 5.41) is 6.62. The highest BCUT2D eigenvalue weighted by molar-refractivity contribution is 7.88. The van der Waals surface area contributed by atoms with Crippen LogP contribution in [0.25, 0.3) is 22.0 Å². The maximum Gasteiger partial charge on any atom is 0.247 e. The molecular formula is C26H21Cl2N3O2S. The molecule has 2 heterocycles. The minimum absolute atomic E-state index is 0.366. The highest BCUT2D eigenvalue weighted by Gasteiger charge is 2.37. The molecule has 0 radical (unpaired) electrons. The van der Waals surface area contributed by atoms with Gasteiger partial charge in [0.1, 0.15) is 0 Å².